The molecule has 1 saturated heterocycles. The average molecular weight is 372 g/mol. The van der Waals surface area contributed by atoms with Crippen molar-refractivity contribution in [2.45, 2.75) is 19.3 Å². The first-order valence-corrected chi connectivity index (χ1v) is 9.14. The molecule has 2 heterocycles. The molecule has 3 N–H and O–H groups in total. The van der Waals surface area contributed by atoms with E-state index in [2.05, 4.69) is 15.5 Å². The van der Waals surface area contributed by atoms with Crippen molar-refractivity contribution in [3.05, 3.63) is 36.0 Å². The van der Waals surface area contributed by atoms with Crippen molar-refractivity contribution in [1.29, 1.82) is 0 Å². The Morgan fingerprint density at radius 3 is 2.37 bits per heavy atom. The molecule has 0 bridgehead atoms. The summed E-state index contributed by atoms with van der Waals surface area (Å²) in [5.74, 6) is -0.956. The first kappa shape index (κ1) is 19.1. The molecular formula is C19H24N4O4. The topological polar surface area (TPSA) is 102 Å². The van der Waals surface area contributed by atoms with Crippen LogP contribution in [0.3, 0.4) is 0 Å². The van der Waals surface area contributed by atoms with Gasteiger partial charge in [0.15, 0.2) is 0 Å². The number of hydrogen-bond acceptors (Lipinski definition) is 6. The van der Waals surface area contributed by atoms with E-state index in [0.29, 0.717) is 17.9 Å². The number of β-amino-alcohol motifs (C(OH)–C–C–N with tert-alkyl or cyclic N) is 1. The Hall–Kier alpha value is -2.71. The molecule has 0 unspecified atom stereocenters. The highest BCUT2D eigenvalue weighted by Gasteiger charge is 2.30. The highest BCUT2D eigenvalue weighted by Crippen LogP contribution is 2.19. The number of carbonyl (C=O) groups excluding carboxylic acids is 3. The summed E-state index contributed by atoms with van der Waals surface area (Å²) >= 11 is 0. The van der Waals surface area contributed by atoms with Gasteiger partial charge in [-0.3, -0.25) is 24.2 Å². The summed E-state index contributed by atoms with van der Waals surface area (Å²) in [5, 5.41) is 14.7. The fraction of sp³-hybridized carbons (Fsp3) is 0.421. The van der Waals surface area contributed by atoms with Crippen LogP contribution in [0.15, 0.2) is 36.0 Å². The Morgan fingerprint density at radius 1 is 1.04 bits per heavy atom. The van der Waals surface area contributed by atoms with Crippen LogP contribution < -0.4 is 10.6 Å². The summed E-state index contributed by atoms with van der Waals surface area (Å²) in [5.41, 5.74) is 1.46. The lowest BCUT2D eigenvalue weighted by Gasteiger charge is -2.25. The van der Waals surface area contributed by atoms with Gasteiger partial charge in [0.1, 0.15) is 5.70 Å². The van der Waals surface area contributed by atoms with Crippen LogP contribution in [0.4, 0.5) is 11.4 Å². The number of benzene rings is 1. The molecule has 8 nitrogen and oxygen atoms in total. The molecular weight excluding hydrogens is 348 g/mol. The van der Waals surface area contributed by atoms with Crippen LogP contribution in [0, 0.1) is 0 Å². The second-order valence-corrected chi connectivity index (χ2v) is 6.66. The molecule has 0 atom stereocenters. The maximum Gasteiger partial charge on any atom is 0.277 e. The number of aliphatic hydroxyl groups excluding tert-OH is 1. The van der Waals surface area contributed by atoms with E-state index >= 15 is 0 Å². The first-order chi connectivity index (χ1) is 13.1. The molecule has 1 aromatic carbocycles. The number of aliphatic hydroxyl groups is 1. The number of hydrogen-bond donors (Lipinski definition) is 3. The third-order valence-electron chi connectivity index (χ3n) is 4.60. The van der Waals surface area contributed by atoms with Crippen molar-refractivity contribution in [2.24, 2.45) is 0 Å². The first-order valence-electron chi connectivity index (χ1n) is 9.14. The van der Waals surface area contributed by atoms with Gasteiger partial charge in [-0.2, -0.15) is 0 Å². The Kier molecular flexibility index (Phi) is 6.20. The second kappa shape index (κ2) is 8.79. The molecule has 1 fully saturated rings. The summed E-state index contributed by atoms with van der Waals surface area (Å²) < 4.78 is 0. The molecule has 1 aromatic rings. The number of nitrogens with one attached hydrogen (secondary N) is 2. The highest BCUT2D eigenvalue weighted by atomic mass is 16.3. The van der Waals surface area contributed by atoms with Crippen molar-refractivity contribution >= 4 is 29.1 Å². The zero-order valence-electron chi connectivity index (χ0n) is 15.1. The van der Waals surface area contributed by atoms with E-state index in [-0.39, 0.29) is 24.8 Å². The van der Waals surface area contributed by atoms with Crippen LogP contribution in [0.25, 0.3) is 0 Å². The van der Waals surface area contributed by atoms with E-state index in [9.17, 15) is 14.4 Å². The van der Waals surface area contributed by atoms with Crippen LogP contribution in [0.5, 0.6) is 0 Å². The Bertz CT molecular complexity index is 739. The summed E-state index contributed by atoms with van der Waals surface area (Å²) in [7, 11) is 0. The molecule has 3 amide bonds. The fourth-order valence-electron chi connectivity index (χ4n) is 3.22. The summed E-state index contributed by atoms with van der Waals surface area (Å²) in [6.45, 7) is 2.02. The average Bonchev–Trinajstić information content (AvgIpc) is 2.92. The molecule has 2 aliphatic rings. The lowest BCUT2D eigenvalue weighted by molar-refractivity contribution is -0.137. The summed E-state index contributed by atoms with van der Waals surface area (Å²) in [4.78, 5) is 39.1. The summed E-state index contributed by atoms with van der Waals surface area (Å²) in [6, 6.07) is 6.93. The third kappa shape index (κ3) is 4.93. The van der Waals surface area contributed by atoms with Crippen LogP contribution in [0.2, 0.25) is 0 Å². The SMILES string of the molecule is O=C(CN1CCCCC1)Nc1ccc(NC2=CC(=O)N(CCO)C2=O)cc1. The number of likely N-dealkylation sites (tertiary alicyclic amines) is 1. The molecule has 3 rings (SSSR count). The van der Waals surface area contributed by atoms with E-state index in [1.165, 1.54) is 12.5 Å². The van der Waals surface area contributed by atoms with Gasteiger partial charge in [0.05, 0.1) is 19.7 Å². The molecule has 0 aromatic heterocycles. The van der Waals surface area contributed by atoms with Crippen LogP contribution >= 0.6 is 0 Å². The Balaban J connectivity index is 1.53. The van der Waals surface area contributed by atoms with Crippen molar-refractivity contribution in [3.8, 4) is 0 Å². The lowest BCUT2D eigenvalue weighted by Crippen LogP contribution is -2.36. The molecule has 2 aliphatic heterocycles. The maximum atomic E-state index is 12.1. The quantitative estimate of drug-likeness (QED) is 0.611. The number of anilines is 2. The summed E-state index contributed by atoms with van der Waals surface area (Å²) in [6.07, 6.45) is 4.72. The number of nitrogens with zero attached hydrogens (tertiary/aromatic N) is 2. The molecule has 0 aliphatic carbocycles. The fourth-order valence-corrected chi connectivity index (χ4v) is 3.22. The molecule has 0 radical (unpaired) electrons. The van der Waals surface area contributed by atoms with Crippen LogP contribution in [-0.2, 0) is 14.4 Å². The number of piperidine rings is 1. The largest absolute Gasteiger partial charge is 0.395 e. The van der Waals surface area contributed by atoms with E-state index < -0.39 is 11.8 Å². The standard InChI is InChI=1S/C19H24N4O4/c24-11-10-23-18(26)12-16(19(23)27)20-14-4-6-15(7-5-14)21-17(25)13-22-8-2-1-3-9-22/h4-7,12,20,24H,1-3,8-11,13H2,(H,21,25). The highest BCUT2D eigenvalue weighted by molar-refractivity contribution is 6.17. The predicted molar refractivity (Wildman–Crippen MR) is 101 cm³/mol. The van der Waals surface area contributed by atoms with Gasteiger partial charge in [-0.25, -0.2) is 0 Å². The van der Waals surface area contributed by atoms with Crippen molar-refractivity contribution in [2.75, 3.05) is 43.4 Å². The maximum absolute atomic E-state index is 12.1. The zero-order chi connectivity index (χ0) is 19.2. The van der Waals surface area contributed by atoms with Gasteiger partial charge in [-0.1, -0.05) is 6.42 Å². The van der Waals surface area contributed by atoms with Crippen molar-refractivity contribution in [3.63, 3.8) is 0 Å². The van der Waals surface area contributed by atoms with Crippen LogP contribution in [-0.4, -0.2) is 65.4 Å². The molecule has 27 heavy (non-hydrogen) atoms. The van der Waals surface area contributed by atoms with Gasteiger partial charge in [0, 0.05) is 17.5 Å². The van der Waals surface area contributed by atoms with Gasteiger partial charge in [0.25, 0.3) is 11.8 Å². The molecule has 0 spiro atoms. The number of imide groups is 1. The zero-order valence-corrected chi connectivity index (χ0v) is 15.1. The van der Waals surface area contributed by atoms with E-state index in [1.54, 1.807) is 24.3 Å². The van der Waals surface area contributed by atoms with Gasteiger partial charge in [-0.15, -0.1) is 0 Å². The van der Waals surface area contributed by atoms with E-state index in [4.69, 9.17) is 5.11 Å². The van der Waals surface area contributed by atoms with Crippen LogP contribution in [0.1, 0.15) is 19.3 Å². The smallest absolute Gasteiger partial charge is 0.277 e. The van der Waals surface area contributed by atoms with Gasteiger partial charge in [-0.05, 0) is 50.2 Å². The molecule has 144 valence electrons. The third-order valence-corrected chi connectivity index (χ3v) is 4.60. The van der Waals surface area contributed by atoms with Gasteiger partial charge >= 0.3 is 0 Å². The Labute approximate surface area is 157 Å². The lowest BCUT2D eigenvalue weighted by atomic mass is 10.1. The number of rotatable bonds is 7. The minimum Gasteiger partial charge on any atom is -0.395 e. The second-order valence-electron chi connectivity index (χ2n) is 6.66. The number of carbonyl (C=O) groups is 3. The normalized spacial score (nSPS) is 17.8. The van der Waals surface area contributed by atoms with E-state index in [0.717, 1.165) is 30.8 Å². The molecule has 8 heteroatoms. The predicted octanol–water partition coefficient (Wildman–Crippen LogP) is 0.768. The minimum absolute atomic E-state index is 0.0265. The van der Waals surface area contributed by atoms with Crippen molar-refractivity contribution < 1.29 is 19.5 Å². The number of amides is 3. The Morgan fingerprint density at radius 2 is 1.70 bits per heavy atom. The monoisotopic (exact) mass is 372 g/mol. The minimum atomic E-state index is -0.465. The van der Waals surface area contributed by atoms with E-state index in [1.807, 2.05) is 0 Å². The molecule has 0 saturated carbocycles. The van der Waals surface area contributed by atoms with Gasteiger partial charge in [0.2, 0.25) is 5.91 Å². The van der Waals surface area contributed by atoms with Gasteiger partial charge < -0.3 is 15.7 Å². The van der Waals surface area contributed by atoms with Crippen molar-refractivity contribution in [1.82, 2.24) is 9.80 Å².